The Bertz CT molecular complexity index is 381. The third kappa shape index (κ3) is 11.4. The zero-order valence-corrected chi connectivity index (χ0v) is 20.6. The summed E-state index contributed by atoms with van der Waals surface area (Å²) in [6, 6.07) is 0. The van der Waals surface area contributed by atoms with Crippen LogP contribution in [-0.2, 0) is 33.5 Å². The lowest BCUT2D eigenvalue weighted by atomic mass is 10.1. The predicted molar refractivity (Wildman–Crippen MR) is 111 cm³/mol. The van der Waals surface area contributed by atoms with Crippen molar-refractivity contribution in [2.24, 2.45) is 0 Å². The van der Waals surface area contributed by atoms with E-state index in [4.69, 9.17) is 33.5 Å². The second-order valence-electron chi connectivity index (χ2n) is 6.33. The third-order valence-electron chi connectivity index (χ3n) is 4.37. The first-order valence-corrected chi connectivity index (χ1v) is 10.8. The van der Waals surface area contributed by atoms with Crippen LogP contribution in [0.2, 0.25) is 0 Å². The minimum atomic E-state index is -0.928. The van der Waals surface area contributed by atoms with E-state index >= 15 is 0 Å². The maximum absolute atomic E-state index is 5.85. The molecule has 0 N–H and O–H groups in total. The van der Waals surface area contributed by atoms with E-state index in [1.165, 1.54) is 14.2 Å². The normalized spacial score (nSPS) is 13.1. The monoisotopic (exact) mass is 457 g/mol. The lowest BCUT2D eigenvalue weighted by molar-refractivity contribution is -1.38. The topological polar surface area (TPSA) is 64.6 Å². The number of quaternary nitrogens is 1. The molecule has 182 valence electrons. The quantitative estimate of drug-likeness (QED) is 0.0850. The van der Waals surface area contributed by atoms with Crippen molar-refractivity contribution >= 4 is 0 Å². The Hall–Kier alpha value is -0.290. The predicted octanol–water partition coefficient (Wildman–Crippen LogP) is 1.51. The van der Waals surface area contributed by atoms with Crippen LogP contribution in [0.25, 0.3) is 0 Å². The van der Waals surface area contributed by atoms with Crippen LogP contribution in [0.3, 0.4) is 0 Å². The van der Waals surface area contributed by atoms with Crippen molar-refractivity contribution < 1.29 is 50.8 Å². The fourth-order valence-electron chi connectivity index (χ4n) is 3.20. The molecule has 1 unspecified atom stereocenters. The molecule has 0 saturated heterocycles. The highest BCUT2D eigenvalue weighted by Gasteiger charge is 2.43. The first-order chi connectivity index (χ1) is 14.0. The number of ether oxygens (including phenoxy) is 4. The van der Waals surface area contributed by atoms with E-state index in [0.29, 0.717) is 39.5 Å². The zero-order chi connectivity index (χ0) is 22.0. The summed E-state index contributed by atoms with van der Waals surface area (Å²) < 4.78 is 23.2. The molecule has 8 nitrogen and oxygen atoms in total. The van der Waals surface area contributed by atoms with Gasteiger partial charge in [-0.3, -0.25) is 0 Å². The molecule has 0 amide bonds. The number of hydrogen-bond donors (Lipinski definition) is 0. The van der Waals surface area contributed by atoms with Gasteiger partial charge in [0.25, 0.3) is 12.2 Å². The first kappa shape index (κ1) is 31.9. The van der Waals surface area contributed by atoms with Gasteiger partial charge in [0, 0.05) is 32.7 Å². The minimum absolute atomic E-state index is 0. The number of hydroxylamine groups is 3. The van der Waals surface area contributed by atoms with E-state index in [1.807, 2.05) is 27.7 Å². The van der Waals surface area contributed by atoms with Crippen LogP contribution in [0, 0.1) is 0 Å². The van der Waals surface area contributed by atoms with Crippen molar-refractivity contribution in [3.63, 3.8) is 0 Å². The highest BCUT2D eigenvalue weighted by atomic mass is 35.5. The molecule has 9 heteroatoms. The lowest BCUT2D eigenvalue weighted by Gasteiger charge is -2.33. The van der Waals surface area contributed by atoms with Gasteiger partial charge in [-0.2, -0.15) is 0 Å². The molecule has 0 saturated carbocycles. The molecule has 0 fully saturated rings. The molecule has 0 radical (unpaired) electrons. The SMILES string of the molecule is C=CCO[N+](OC)(OC)C(CCCCCCC(OCC)(OCC)OCC)OCC.[Cl-]. The summed E-state index contributed by atoms with van der Waals surface area (Å²) in [4.78, 5) is 16.2. The first-order valence-electron chi connectivity index (χ1n) is 10.8. The van der Waals surface area contributed by atoms with Gasteiger partial charge >= 0.3 is 0 Å². The van der Waals surface area contributed by atoms with E-state index in [0.717, 1.165) is 32.1 Å². The molecule has 1 atom stereocenters. The molecule has 0 bridgehead atoms. The minimum Gasteiger partial charge on any atom is -1.00 e. The summed E-state index contributed by atoms with van der Waals surface area (Å²) in [5, 5.41) is 0. The second-order valence-corrected chi connectivity index (χ2v) is 6.33. The molecule has 0 aromatic rings. The molecule has 0 heterocycles. The third-order valence-corrected chi connectivity index (χ3v) is 4.37. The highest BCUT2D eigenvalue weighted by Crippen LogP contribution is 2.26. The summed E-state index contributed by atoms with van der Waals surface area (Å²) in [5.41, 5.74) is 0. The van der Waals surface area contributed by atoms with Crippen molar-refractivity contribution in [3.05, 3.63) is 12.7 Å². The van der Waals surface area contributed by atoms with E-state index in [1.54, 1.807) is 6.08 Å². The van der Waals surface area contributed by atoms with Gasteiger partial charge in [-0.25, -0.2) is 0 Å². The van der Waals surface area contributed by atoms with Gasteiger partial charge in [-0.15, -0.1) is 21.1 Å². The van der Waals surface area contributed by atoms with Crippen LogP contribution in [0.1, 0.15) is 66.2 Å². The molecule has 0 aromatic heterocycles. The van der Waals surface area contributed by atoms with E-state index in [9.17, 15) is 0 Å². The average molecular weight is 458 g/mol. The Kier molecular flexibility index (Phi) is 20.6. The molecular weight excluding hydrogens is 414 g/mol. The number of rotatable bonds is 21. The van der Waals surface area contributed by atoms with Crippen molar-refractivity contribution in [1.29, 1.82) is 0 Å². The van der Waals surface area contributed by atoms with Gasteiger partial charge in [0.15, 0.2) is 0 Å². The molecule has 0 rings (SSSR count). The van der Waals surface area contributed by atoms with Crippen LogP contribution in [0.5, 0.6) is 0 Å². The van der Waals surface area contributed by atoms with Crippen molar-refractivity contribution in [2.75, 3.05) is 47.3 Å². The van der Waals surface area contributed by atoms with E-state index in [-0.39, 0.29) is 18.6 Å². The van der Waals surface area contributed by atoms with Crippen LogP contribution in [0.4, 0.5) is 0 Å². The van der Waals surface area contributed by atoms with E-state index in [2.05, 4.69) is 6.58 Å². The molecular formula is C21H44ClNO7. The summed E-state index contributed by atoms with van der Waals surface area (Å²) in [5.74, 6) is -0.928. The van der Waals surface area contributed by atoms with Crippen molar-refractivity contribution in [3.8, 4) is 0 Å². The van der Waals surface area contributed by atoms with Gasteiger partial charge < -0.3 is 31.4 Å². The molecule has 0 aromatic carbocycles. The van der Waals surface area contributed by atoms with Gasteiger partial charge in [0.05, 0.1) is 6.61 Å². The summed E-state index contributed by atoms with van der Waals surface area (Å²) in [6.07, 6.45) is 6.65. The van der Waals surface area contributed by atoms with Gasteiger partial charge in [-0.1, -0.05) is 18.9 Å². The number of halogens is 1. The van der Waals surface area contributed by atoms with Gasteiger partial charge in [0.2, 0.25) is 0 Å². The van der Waals surface area contributed by atoms with Crippen LogP contribution >= 0.6 is 0 Å². The lowest BCUT2D eigenvalue weighted by Crippen LogP contribution is -3.00. The fourth-order valence-corrected chi connectivity index (χ4v) is 3.20. The van der Waals surface area contributed by atoms with Gasteiger partial charge in [-0.05, 0) is 40.5 Å². The van der Waals surface area contributed by atoms with Gasteiger partial charge in [0.1, 0.15) is 25.8 Å². The van der Waals surface area contributed by atoms with Crippen LogP contribution in [-0.4, -0.2) is 64.4 Å². The molecule has 0 aliphatic rings. The number of nitrogens with zero attached hydrogens (tertiary/aromatic N) is 1. The Labute approximate surface area is 189 Å². The van der Waals surface area contributed by atoms with Crippen LogP contribution in [0.15, 0.2) is 12.7 Å². The Morgan fingerprint density at radius 3 is 1.80 bits per heavy atom. The Morgan fingerprint density at radius 1 is 0.833 bits per heavy atom. The largest absolute Gasteiger partial charge is 1.00 e. The number of unbranched alkanes of at least 4 members (excludes halogenated alkanes) is 3. The summed E-state index contributed by atoms with van der Waals surface area (Å²) in [7, 11) is 3.07. The number of hydrogen-bond acceptors (Lipinski definition) is 7. The smallest absolute Gasteiger partial charge is 0.290 e. The molecule has 0 aliphatic carbocycles. The average Bonchev–Trinajstić information content (AvgIpc) is 2.72. The Morgan fingerprint density at radius 2 is 1.37 bits per heavy atom. The summed E-state index contributed by atoms with van der Waals surface area (Å²) >= 11 is 0. The fraction of sp³-hybridized carbons (Fsp3) is 0.905. The highest BCUT2D eigenvalue weighted by molar-refractivity contribution is 4.62. The Balaban J connectivity index is 0. The molecule has 0 aliphatic heterocycles. The van der Waals surface area contributed by atoms with Crippen molar-refractivity contribution in [2.45, 2.75) is 78.4 Å². The second kappa shape index (κ2) is 19.4. The maximum Gasteiger partial charge on any atom is 0.290 e. The molecule has 30 heavy (non-hydrogen) atoms. The summed E-state index contributed by atoms with van der Waals surface area (Å²) in [6.45, 7) is 13.9. The standard InChI is InChI=1S/C21H44NO7.ClH/c1-8-19-29-22(23-6,24-7)20(25-9-2)17-15-13-14-16-18-21(26-10-3,27-11-4)28-12-5;/h8,20H,1,9-19H2,2-7H3;1H/q+1;/p-1. The molecule has 0 spiro atoms. The van der Waals surface area contributed by atoms with Crippen LogP contribution < -0.4 is 12.4 Å². The van der Waals surface area contributed by atoms with E-state index < -0.39 is 10.9 Å². The zero-order valence-electron chi connectivity index (χ0n) is 19.8. The maximum atomic E-state index is 5.85. The van der Waals surface area contributed by atoms with Crippen molar-refractivity contribution in [1.82, 2.24) is 0 Å².